The highest BCUT2D eigenvalue weighted by molar-refractivity contribution is 8.15. The number of thioether (sulfide) groups is 1. The normalized spacial score (nSPS) is 15.9. The highest BCUT2D eigenvalue weighted by Crippen LogP contribution is 2.17. The minimum atomic E-state index is -1.48. The number of amides is 5. The molecule has 3 saturated heterocycles. The number of nitrogens with one attached hydrogen (secondary N) is 12. The Morgan fingerprint density at radius 3 is 1.49 bits per heavy atom. The number of H-pyrrole nitrogens is 8. The number of rotatable bonds is 0. The number of hydroxylamine groups is 2. The molecule has 0 bridgehead atoms. The first-order chi connectivity index (χ1) is 41.1. The molecular weight excluding hydrogens is 1270 g/mol. The number of aromatic nitrogens is 19. The van der Waals surface area contributed by atoms with E-state index in [0.717, 1.165) is 28.0 Å². The van der Waals surface area contributed by atoms with Crippen LogP contribution in [0.2, 0.25) is 0 Å². The van der Waals surface area contributed by atoms with E-state index in [1.165, 1.54) is 25.5 Å². The molecule has 88 heavy (non-hydrogen) atoms. The van der Waals surface area contributed by atoms with Gasteiger partial charge in [0.15, 0.2) is 11.9 Å². The lowest BCUT2D eigenvalue weighted by molar-refractivity contribution is -0.145. The number of amidine groups is 1. The largest absolute Gasteiger partial charge is 0.440 e. The van der Waals surface area contributed by atoms with E-state index in [1.54, 1.807) is 69.4 Å². The number of carbonyl (C=O) groups is 6. The molecule has 4 atom stereocenters. The molecule has 0 aliphatic carbocycles. The molecule has 5 amide bonds. The maximum atomic E-state index is 10.5. The van der Waals surface area contributed by atoms with E-state index in [2.05, 4.69) is 139 Å². The lowest BCUT2D eigenvalue weighted by atomic mass is 10.2. The smallest absolute Gasteiger partial charge is 0.436 e. The zero-order chi connectivity index (χ0) is 66.8. The van der Waals surface area contributed by atoms with Crippen molar-refractivity contribution in [2.45, 2.75) is 87.5 Å². The first-order valence-corrected chi connectivity index (χ1v) is 26.3. The van der Waals surface area contributed by atoms with E-state index < -0.39 is 64.0 Å². The van der Waals surface area contributed by atoms with E-state index in [0.29, 0.717) is 46.7 Å². The Bertz CT molecular complexity index is 3680. The van der Waals surface area contributed by atoms with Crippen molar-refractivity contribution in [3.63, 3.8) is 0 Å². The maximum absolute atomic E-state index is 10.5. The van der Waals surface area contributed by atoms with Gasteiger partial charge in [0.25, 0.3) is 17.1 Å². The Morgan fingerprint density at radius 2 is 1.35 bits per heavy atom. The molecule has 12 N–H and O–H groups in total. The number of tetrazole rings is 1. The molecule has 0 aromatic carbocycles. The first kappa shape index (κ1) is 75.3. The average molecular weight is 1330 g/mol. The lowest BCUT2D eigenvalue weighted by Crippen LogP contribution is -2.22. The minimum absolute atomic E-state index is 0.0856. The van der Waals surface area contributed by atoms with Gasteiger partial charge in [0.1, 0.15) is 35.1 Å². The summed E-state index contributed by atoms with van der Waals surface area (Å²) in [5, 5.41) is 35.6. The molecule has 0 saturated carbocycles. The highest BCUT2D eigenvalue weighted by atomic mass is 32.2. The Balaban J connectivity index is 0.000000480. The molecular formula is C38H54N24O22S4. The Hall–Kier alpha value is -10.8. The molecule has 12 heterocycles. The number of aryl methyl sites for hydroxylation is 8. The topological polar surface area (TPSA) is 645 Å². The maximum Gasteiger partial charge on any atom is 0.440 e. The SMILES string of the molecule is CC1=NS(=O)ON1.CC1C(=O)NOC1=O.CC1OC(=O)NC1=O.CC1SC(=O)NC1=O.Cc1n[nH]c(=O)n1C.Cc1n[nH]c(=O)o1.Cc1nc(=O)[nH]o1.Cc1nc(=S)o[nH]1.Cc1nn[nH]n1.Cc1noc(=O)[nH]1.Cc1nsc(=O)[nH]1.Cn1oc(=O)[nH]c1=O. The fraction of sp³-hybridized carbons (Fsp3) is 0.421. The monoisotopic (exact) mass is 1330 g/mol. The van der Waals surface area contributed by atoms with Crippen LogP contribution in [0.5, 0.6) is 0 Å². The second kappa shape index (κ2) is 39.0. The Morgan fingerprint density at radius 1 is 0.670 bits per heavy atom. The number of aromatic amines is 8. The van der Waals surface area contributed by atoms with Gasteiger partial charge < -0.3 is 27.6 Å². The summed E-state index contributed by atoms with van der Waals surface area (Å²) in [6.45, 7) is 18.3. The van der Waals surface area contributed by atoms with Gasteiger partial charge in [0, 0.05) is 32.4 Å². The Kier molecular flexibility index (Phi) is 33.3. The van der Waals surface area contributed by atoms with Crippen molar-refractivity contribution in [3.8, 4) is 0 Å². The molecule has 4 unspecified atom stereocenters. The van der Waals surface area contributed by atoms with E-state index >= 15 is 0 Å². The van der Waals surface area contributed by atoms with Crippen molar-refractivity contribution in [2.24, 2.45) is 24.4 Å². The number of hydrogen-bond acceptors (Lipinski definition) is 35. The summed E-state index contributed by atoms with van der Waals surface area (Å²) >= 11 is 5.02. The van der Waals surface area contributed by atoms with Crippen LogP contribution in [0.3, 0.4) is 0 Å². The minimum Gasteiger partial charge on any atom is -0.436 e. The molecule has 12 rings (SSSR count). The van der Waals surface area contributed by atoms with Crippen LogP contribution in [0.15, 0.2) is 60.5 Å². The van der Waals surface area contributed by atoms with Crippen LogP contribution in [0, 0.1) is 59.2 Å². The molecule has 8 aromatic rings. The van der Waals surface area contributed by atoms with E-state index in [-0.39, 0.29) is 43.6 Å². The van der Waals surface area contributed by atoms with Crippen LogP contribution in [0.4, 0.5) is 9.59 Å². The van der Waals surface area contributed by atoms with E-state index in [9.17, 15) is 66.5 Å². The average Bonchev–Trinajstić information content (AvgIpc) is 4.43. The summed E-state index contributed by atoms with van der Waals surface area (Å²) in [7, 11) is 3.02. The fourth-order valence-corrected chi connectivity index (χ4v) is 5.80. The molecule has 4 aliphatic rings. The zero-order valence-corrected chi connectivity index (χ0v) is 51.0. The highest BCUT2D eigenvalue weighted by Gasteiger charge is 2.31. The van der Waals surface area contributed by atoms with Crippen LogP contribution in [0.1, 0.15) is 68.6 Å². The molecule has 46 nitrogen and oxygen atoms in total. The van der Waals surface area contributed by atoms with Gasteiger partial charge in [-0.2, -0.15) is 44.3 Å². The number of imide groups is 2. The number of nitrogens with zero attached hydrogens (tertiary/aromatic N) is 12. The predicted molar refractivity (Wildman–Crippen MR) is 295 cm³/mol. The summed E-state index contributed by atoms with van der Waals surface area (Å²) in [6, 6.07) is 0. The van der Waals surface area contributed by atoms with E-state index in [1.807, 2.05) is 20.9 Å². The number of cyclic esters (lactones) is 1. The molecule has 50 heteroatoms. The second-order valence-electron chi connectivity index (χ2n) is 15.5. The molecule has 0 radical (unpaired) electrons. The van der Waals surface area contributed by atoms with Gasteiger partial charge in [-0.3, -0.25) is 53.7 Å². The summed E-state index contributed by atoms with van der Waals surface area (Å²) in [5.41, 5.74) is 3.12. The van der Waals surface area contributed by atoms with Crippen LogP contribution in [0.25, 0.3) is 0 Å². The summed E-state index contributed by atoms with van der Waals surface area (Å²) in [5.74, 6) is 0.797. The third-order valence-corrected chi connectivity index (χ3v) is 10.6. The van der Waals surface area contributed by atoms with Gasteiger partial charge in [-0.1, -0.05) is 22.1 Å². The standard InChI is InChI=1S/C4H7N3O.2C4H5NO3.C4H5NO2S.C3H4N2O3.3C3H4N2O2.2C3H4N2OS.C2H4N4.C2H4N2O2S/c1-3-5-6-4(8)7(3)2;1-2-3(6)5-4(7)8-2;1-2-3(6)5-8-4(2)7;1-2-3(6)5-4(7)8-2;1-5-2(6)4-3(7)8-5;1-2-4-5-3(6)7-2;1-2-4-3(6)5-7-2;2*1-2-4-3(6)7-5-2;1-2-4-3(7)6-5-2;1-2-3-5-6-4-2;1-2-3-6-7(5)4-2/h1-2H3,(H,6,8);2H,1H3,(H,5,6,7);2H,1H3,(H,5,6);2H,1H3,(H,5,6,7);1H3,(H,4,6,7);2*1H3,(H,5,6);2*1H3,(H,4,5,6);1H3,(H,4,5,7);1H3,(H,3,4,5,6);1H3,(H,3,4). The quantitative estimate of drug-likeness (QED) is 0.0518. The third-order valence-electron chi connectivity index (χ3n) is 8.23. The molecule has 482 valence electrons. The van der Waals surface area contributed by atoms with Crippen molar-refractivity contribution in [3.05, 3.63) is 119 Å². The lowest BCUT2D eigenvalue weighted by Gasteiger charge is -1.91. The van der Waals surface area contributed by atoms with Gasteiger partial charge >= 0.3 is 67.4 Å². The van der Waals surface area contributed by atoms with Crippen molar-refractivity contribution in [2.75, 3.05) is 0 Å². The summed E-state index contributed by atoms with van der Waals surface area (Å²) < 4.78 is 49.8. The van der Waals surface area contributed by atoms with Crippen molar-refractivity contribution in [1.29, 1.82) is 0 Å². The van der Waals surface area contributed by atoms with Crippen molar-refractivity contribution < 1.29 is 69.3 Å². The summed E-state index contributed by atoms with van der Waals surface area (Å²) in [6.07, 6.45) is -1.26. The molecule has 4 aliphatic heterocycles. The van der Waals surface area contributed by atoms with Gasteiger partial charge in [-0.05, 0) is 74.5 Å². The first-order valence-electron chi connectivity index (χ1n) is 23.3. The predicted octanol–water partition coefficient (Wildman–Crippen LogP) is -3.49. The number of ether oxygens (including phenoxy) is 1. The number of hydrogen-bond donors (Lipinski definition) is 12. The molecule has 3 fully saturated rings. The van der Waals surface area contributed by atoms with Crippen molar-refractivity contribution >= 4 is 87.6 Å². The zero-order valence-electron chi connectivity index (χ0n) is 47.7. The van der Waals surface area contributed by atoms with Crippen LogP contribution in [-0.4, -0.2) is 152 Å². The van der Waals surface area contributed by atoms with Gasteiger partial charge in [-0.25, -0.2) is 68.4 Å². The Labute approximate surface area is 502 Å². The summed E-state index contributed by atoms with van der Waals surface area (Å²) in [4.78, 5) is 151. The number of carbonyl (C=O) groups excluding carboxylic acids is 6. The fourth-order valence-electron chi connectivity index (χ4n) is 4.03. The molecule has 8 aromatic heterocycles. The second-order valence-corrected chi connectivity index (χ2v) is 18.6. The van der Waals surface area contributed by atoms with Crippen LogP contribution in [-0.2, 0) is 58.4 Å². The van der Waals surface area contributed by atoms with E-state index in [4.69, 9.17) is 0 Å². The van der Waals surface area contributed by atoms with Gasteiger partial charge in [0.2, 0.25) is 17.7 Å². The third kappa shape index (κ3) is 32.9. The van der Waals surface area contributed by atoms with Crippen LogP contribution >= 0.6 is 35.5 Å². The van der Waals surface area contributed by atoms with Crippen molar-refractivity contribution in [1.82, 2.24) is 117 Å². The molecule has 0 spiro atoms. The van der Waals surface area contributed by atoms with Crippen LogP contribution < -0.4 is 60.8 Å². The van der Waals surface area contributed by atoms with Gasteiger partial charge in [0.05, 0.1) is 12.3 Å². The number of alkyl carbamates (subject to hydrolysis) is 1. The van der Waals surface area contributed by atoms with Gasteiger partial charge in [-0.15, -0.1) is 19.7 Å².